The number of carbonyl (C=O) groups is 4. The van der Waals surface area contributed by atoms with Crippen LogP contribution in [0.5, 0.6) is 0 Å². The highest BCUT2D eigenvalue weighted by Gasteiger charge is 2.29. The molecule has 5 aliphatic rings. The van der Waals surface area contributed by atoms with E-state index in [1.807, 2.05) is 0 Å². The highest BCUT2D eigenvalue weighted by atomic mass is 16.5. The van der Waals surface area contributed by atoms with Gasteiger partial charge in [0.1, 0.15) is 18.3 Å². The topological polar surface area (TPSA) is 201 Å². The summed E-state index contributed by atoms with van der Waals surface area (Å²) >= 11 is 0. The minimum atomic E-state index is -0.542. The van der Waals surface area contributed by atoms with Crippen molar-refractivity contribution in [2.75, 3.05) is 6.61 Å². The van der Waals surface area contributed by atoms with Crippen molar-refractivity contribution < 1.29 is 38.1 Å². The first-order chi connectivity index (χ1) is 72.6. The zero-order chi connectivity index (χ0) is 105. The Labute approximate surface area is 875 Å². The maximum Gasteiger partial charge on any atom is 0.324 e. The largest absolute Gasteiger partial charge is 0.452 e. The number of fused-ring (bicyclic) bond motifs is 16. The summed E-state index contributed by atoms with van der Waals surface area (Å²) in [6.45, 7) is 14.6. The Morgan fingerprint density at radius 3 is 0.601 bits per heavy atom. The normalized spacial score (nSPS) is 16.3. The van der Waals surface area contributed by atoms with Gasteiger partial charge in [-0.05, 0) is 402 Å². The van der Waals surface area contributed by atoms with Crippen molar-refractivity contribution >= 4 is 23.9 Å². The minimum absolute atomic E-state index is 0.0244. The van der Waals surface area contributed by atoms with E-state index in [0.717, 1.165) is 192 Å². The van der Waals surface area contributed by atoms with Crippen LogP contribution in [-0.4, -0.2) is 78.8 Å². The van der Waals surface area contributed by atoms with E-state index in [2.05, 4.69) is 469 Å². The van der Waals surface area contributed by atoms with Crippen LogP contribution in [0.25, 0.3) is 0 Å². The zero-order valence-electron chi connectivity index (χ0n) is 83.2. The van der Waals surface area contributed by atoms with Crippen molar-refractivity contribution in [1.82, 2.24) is 42.5 Å². The second-order valence-corrected chi connectivity index (χ2v) is 33.8. The monoisotopic (exact) mass is 1920 g/mol. The standard InChI is InChI=1S/C132H100N8O8/c1-9-13-17-21-25-29-33-37-41-45-49-53-57-61-77-145-129(141)89-109-81-113-97-133-121-69-65-71-123(93-121)135-99-115-83-110(90-130(142)146-78-62-58-54-50-46-42-38-34-30-26-22-18-14-10-2)85-117(106(115)6)101-137-125-73-67-75-127(95-125)139-103-119-87-112(92-132(144)148-80-64-60-56-52-48-44-40-36-32-28-24-20-16-12-4)88-120(108(119)8)104-140-128-76-68-74-126(96-128)138-102-118-86-111(91-131(143)147-79-63-59-55-51-47-43-39-35-31-27-23-19-15-11-3)84-116(107(118)7)100-136-124-72-66-70-122(94-124)134-98-114(82-109)105(113)5/h1-3,81-88,121-128,133-140H,65-76,80,89-104H2,4-8H3. The van der Waals surface area contributed by atoms with Gasteiger partial charge in [0.2, 0.25) is 0 Å². The van der Waals surface area contributed by atoms with Crippen LogP contribution >= 0.6 is 0 Å². The molecule has 1 heterocycles. The molecule has 0 saturated heterocycles. The lowest BCUT2D eigenvalue weighted by Crippen LogP contribution is -2.42. The van der Waals surface area contributed by atoms with Gasteiger partial charge in [-0.1, -0.05) is 80.1 Å². The number of terminal acetylenes is 3. The number of rotatable bonds is 9. The molecule has 4 saturated carbocycles. The van der Waals surface area contributed by atoms with E-state index in [9.17, 15) is 19.2 Å². The molecule has 8 unspecified atom stereocenters. The van der Waals surface area contributed by atoms with Crippen LogP contribution in [0.15, 0.2) is 48.5 Å². The number of hydrogen-bond acceptors (Lipinski definition) is 16. The van der Waals surface area contributed by atoms with Gasteiger partial charge in [-0.15, -0.1) is 19.3 Å². The fourth-order valence-corrected chi connectivity index (χ4v) is 16.7. The second-order valence-electron chi connectivity index (χ2n) is 33.8. The molecular weight excluding hydrogens is 1830 g/mol. The van der Waals surface area contributed by atoms with Gasteiger partial charge in [-0.3, -0.25) is 19.2 Å². The Balaban J connectivity index is 0.992. The molecule has 716 valence electrons. The Bertz CT molecular complexity index is 7580. The van der Waals surface area contributed by atoms with Crippen LogP contribution in [0.2, 0.25) is 0 Å². The molecule has 0 aromatic heterocycles. The highest BCUT2D eigenvalue weighted by Crippen LogP contribution is 2.30. The van der Waals surface area contributed by atoms with Crippen molar-refractivity contribution in [2.24, 2.45) is 0 Å². The maximum absolute atomic E-state index is 13.8. The molecule has 1 aliphatic heterocycles. The fourth-order valence-electron chi connectivity index (χ4n) is 16.7. The third kappa shape index (κ3) is 46.0. The Kier molecular flexibility index (Phi) is 52.3. The van der Waals surface area contributed by atoms with E-state index < -0.39 is 23.9 Å². The van der Waals surface area contributed by atoms with Crippen molar-refractivity contribution in [1.29, 1.82) is 0 Å². The van der Waals surface area contributed by atoms with E-state index in [1.54, 1.807) is 6.92 Å². The van der Waals surface area contributed by atoms with Gasteiger partial charge in [0.15, 0.2) is 6.61 Å². The van der Waals surface area contributed by atoms with Crippen molar-refractivity contribution in [2.45, 2.75) is 264 Å². The number of esters is 4. The van der Waals surface area contributed by atoms with E-state index >= 15 is 0 Å². The molecule has 8 N–H and O–H groups in total. The second kappa shape index (κ2) is 68.8. The first kappa shape index (κ1) is 112. The summed E-state index contributed by atoms with van der Waals surface area (Å²) in [5, 5.41) is 31.6. The molecule has 4 fully saturated rings. The van der Waals surface area contributed by atoms with Gasteiger partial charge in [0.25, 0.3) is 0 Å². The van der Waals surface area contributed by atoms with Gasteiger partial charge in [-0.2, -0.15) is 0 Å². The molecule has 148 heavy (non-hydrogen) atoms. The number of ether oxygens (including phenoxy) is 4. The Morgan fingerprint density at radius 1 is 0.243 bits per heavy atom. The summed E-state index contributed by atoms with van der Waals surface area (Å²) < 4.78 is 22.0. The highest BCUT2D eigenvalue weighted by molar-refractivity contribution is 5.76. The average Bonchev–Trinajstić information content (AvgIpc) is 0.833. The number of carbonyl (C=O) groups excluding carboxylic acids is 4. The van der Waals surface area contributed by atoms with Crippen LogP contribution < -0.4 is 42.5 Å². The van der Waals surface area contributed by atoms with Gasteiger partial charge < -0.3 is 61.5 Å². The van der Waals surface area contributed by atoms with Crippen LogP contribution in [0.3, 0.4) is 0 Å². The molecule has 16 bridgehead atoms. The SMILES string of the molecule is C#CC#CC#CC#CC#CC#CC#CC#COC(=O)Cc1cc2c(C)c(c1)CNC1CCCC(C1)NCc1cc(CC(=O)OC#CC#CC#CC#CC#CC#CC#CC#C)cc(c1C)CNC1CCCC(C1)NCc1cc(CC(=O)OCC#CC#CC#CC#CC#CC#CC#CC)cc(c1C)CNC1CCCC(C1)NCc1cc(CC(=O)OC#CC#CC#CC#CC#CC#CC#CC#C)cc(c1C)CNC1CCCC(C1)NC2. The van der Waals surface area contributed by atoms with Crippen molar-refractivity contribution in [3.05, 3.63) is 138 Å². The molecular formula is C132H100N8O8. The van der Waals surface area contributed by atoms with Gasteiger partial charge in [0.05, 0.1) is 25.7 Å². The summed E-state index contributed by atoms with van der Waals surface area (Å²) in [4.78, 5) is 54.9. The van der Waals surface area contributed by atoms with Gasteiger partial charge in [0, 0.05) is 225 Å². The molecule has 16 nitrogen and oxygen atoms in total. The van der Waals surface area contributed by atoms with E-state index in [1.165, 1.54) is 0 Å². The van der Waals surface area contributed by atoms with E-state index in [-0.39, 0.29) is 80.6 Å². The van der Waals surface area contributed by atoms with E-state index in [0.29, 0.717) is 52.4 Å². The Morgan fingerprint density at radius 2 is 0.412 bits per heavy atom. The molecule has 0 spiro atoms. The summed E-state index contributed by atoms with van der Waals surface area (Å²) in [5.41, 5.74) is 16.2. The lowest BCUT2D eigenvalue weighted by atomic mass is 9.89. The quantitative estimate of drug-likeness (QED) is 0.0448. The molecule has 4 aliphatic carbocycles. The zero-order valence-corrected chi connectivity index (χ0v) is 83.2. The maximum atomic E-state index is 13.8. The van der Waals surface area contributed by atoms with Gasteiger partial charge >= 0.3 is 23.9 Å². The predicted molar refractivity (Wildman–Crippen MR) is 578 cm³/mol. The molecule has 4 aromatic rings. The molecule has 8 atom stereocenters. The minimum Gasteiger partial charge on any atom is -0.452 e. The van der Waals surface area contributed by atoms with Crippen LogP contribution in [-0.2, 0) is 116 Å². The van der Waals surface area contributed by atoms with Crippen molar-refractivity contribution in [3.63, 3.8) is 0 Å². The summed E-state index contributed by atoms with van der Waals surface area (Å²) in [7, 11) is 0. The molecule has 9 rings (SSSR count). The summed E-state index contributed by atoms with van der Waals surface area (Å²) in [5.74, 6) is 140. The predicted octanol–water partition coefficient (Wildman–Crippen LogP) is 9.23. The average molecular weight is 1930 g/mol. The van der Waals surface area contributed by atoms with Crippen LogP contribution in [0.1, 0.15) is 199 Å². The Hall–Kier alpha value is -19.2. The molecule has 4 aromatic carbocycles. The van der Waals surface area contributed by atoms with Crippen molar-refractivity contribution in [3.8, 4) is 369 Å². The third-order valence-electron chi connectivity index (χ3n) is 23.8. The number of nitrogens with one attached hydrogen (secondary N) is 8. The lowest BCUT2D eigenvalue weighted by Gasteiger charge is -2.32. The van der Waals surface area contributed by atoms with Gasteiger partial charge in [-0.25, -0.2) is 0 Å². The number of benzene rings is 4. The molecule has 0 amide bonds. The first-order valence-corrected chi connectivity index (χ1v) is 47.9. The van der Waals surface area contributed by atoms with Crippen LogP contribution in [0, 0.1) is 397 Å². The lowest BCUT2D eigenvalue weighted by molar-refractivity contribution is -0.141. The molecule has 0 radical (unpaired) electrons. The third-order valence-corrected chi connectivity index (χ3v) is 23.8. The summed E-state index contributed by atoms with van der Waals surface area (Å²) in [6.07, 6.45) is 37.7. The fraction of sp³-hybridized carbons (Fsp3) is 0.318. The first-order valence-electron chi connectivity index (χ1n) is 47.9. The summed E-state index contributed by atoms with van der Waals surface area (Å²) in [6, 6.07) is 18.1. The van der Waals surface area contributed by atoms with Crippen LogP contribution in [0.4, 0.5) is 0 Å². The smallest absolute Gasteiger partial charge is 0.324 e. The number of hydrogen-bond donors (Lipinski definition) is 8. The molecule has 16 heteroatoms. The van der Waals surface area contributed by atoms with E-state index in [4.69, 9.17) is 38.2 Å².